The van der Waals surface area contributed by atoms with Crippen LogP contribution in [0.1, 0.15) is 47.5 Å². The Morgan fingerprint density at radius 1 is 1.21 bits per heavy atom. The van der Waals surface area contributed by atoms with E-state index in [2.05, 4.69) is 28.1 Å². The lowest BCUT2D eigenvalue weighted by Gasteiger charge is -2.13. The third-order valence-corrected chi connectivity index (χ3v) is 5.48. The van der Waals surface area contributed by atoms with E-state index < -0.39 is 5.82 Å². The fourth-order valence-corrected chi connectivity index (χ4v) is 3.74. The van der Waals surface area contributed by atoms with Crippen LogP contribution in [0, 0.1) is 12.7 Å². The maximum Gasteiger partial charge on any atom is 0.141 e. The number of nitrogens with one attached hydrogen (secondary N) is 1. The normalized spacial score (nSPS) is 12.6. The van der Waals surface area contributed by atoms with E-state index in [0.29, 0.717) is 28.1 Å². The number of aromatic nitrogens is 2. The van der Waals surface area contributed by atoms with Gasteiger partial charge in [-0.3, -0.25) is 9.98 Å². The number of aryl methyl sites for hydroxylation is 1. The van der Waals surface area contributed by atoms with Crippen LogP contribution in [0.5, 0.6) is 0 Å². The summed E-state index contributed by atoms with van der Waals surface area (Å²) in [6.07, 6.45) is 14.3. The van der Waals surface area contributed by atoms with E-state index in [1.54, 1.807) is 30.6 Å². The maximum atomic E-state index is 15.7. The van der Waals surface area contributed by atoms with Crippen molar-refractivity contribution in [3.8, 4) is 0 Å². The molecule has 0 amide bonds. The second-order valence-electron chi connectivity index (χ2n) is 7.64. The van der Waals surface area contributed by atoms with Gasteiger partial charge in [0.25, 0.3) is 0 Å². The van der Waals surface area contributed by atoms with Crippen molar-refractivity contribution in [1.29, 1.82) is 0 Å². The van der Waals surface area contributed by atoms with Crippen molar-refractivity contribution in [2.45, 2.75) is 20.8 Å². The Hall–Kier alpha value is -4.25. The summed E-state index contributed by atoms with van der Waals surface area (Å²) in [6.45, 7) is 13.5. The molecule has 3 rings (SSSR count). The molecule has 0 aliphatic heterocycles. The summed E-state index contributed by atoms with van der Waals surface area (Å²) in [4.78, 5) is 11.6. The Morgan fingerprint density at radius 2 is 2.00 bits per heavy atom. The number of aliphatic imine (C=N–C) groups is 1. The monoisotopic (exact) mass is 452 g/mol. The Morgan fingerprint density at radius 3 is 2.65 bits per heavy atom. The zero-order valence-electron chi connectivity index (χ0n) is 19.8. The van der Waals surface area contributed by atoms with Gasteiger partial charge in [-0.2, -0.15) is 0 Å². The number of nitrogens with two attached hydrogens (primary N) is 1. The first-order valence-corrected chi connectivity index (χ1v) is 10.9. The SMILES string of the molecule is C=CN=C/C(=C\C)c1ccc(N)c(C(=C)c2cc(/C(=C\C=C/C)c3cccnc3)c(C)[nH]2)c1F. The van der Waals surface area contributed by atoms with Crippen LogP contribution in [0.3, 0.4) is 0 Å². The average Bonchev–Trinajstić information content (AvgIpc) is 3.23. The summed E-state index contributed by atoms with van der Waals surface area (Å²) in [5.74, 6) is -0.445. The number of pyridine rings is 1. The van der Waals surface area contributed by atoms with E-state index in [1.165, 1.54) is 6.20 Å². The Kier molecular flexibility index (Phi) is 7.93. The van der Waals surface area contributed by atoms with Gasteiger partial charge < -0.3 is 10.7 Å². The van der Waals surface area contributed by atoms with Crippen molar-refractivity contribution in [1.82, 2.24) is 9.97 Å². The van der Waals surface area contributed by atoms with E-state index in [9.17, 15) is 0 Å². The summed E-state index contributed by atoms with van der Waals surface area (Å²) in [5.41, 5.74) is 12.9. The predicted molar refractivity (Wildman–Crippen MR) is 143 cm³/mol. The number of aromatic amines is 1. The van der Waals surface area contributed by atoms with Crippen LogP contribution in [0.25, 0.3) is 16.7 Å². The topological polar surface area (TPSA) is 67.1 Å². The third-order valence-electron chi connectivity index (χ3n) is 5.48. The molecule has 0 aliphatic carbocycles. The zero-order chi connectivity index (χ0) is 24.7. The predicted octanol–water partition coefficient (Wildman–Crippen LogP) is 7.13. The Labute approximate surface area is 200 Å². The molecule has 1 aromatic carbocycles. The Balaban J connectivity index is 2.11. The second-order valence-corrected chi connectivity index (χ2v) is 7.64. The van der Waals surface area contributed by atoms with E-state index in [0.717, 1.165) is 22.4 Å². The highest BCUT2D eigenvalue weighted by molar-refractivity contribution is 6.10. The molecule has 0 fully saturated rings. The van der Waals surface area contributed by atoms with Crippen molar-refractivity contribution < 1.29 is 4.39 Å². The number of anilines is 1. The second kappa shape index (κ2) is 11.1. The summed E-state index contributed by atoms with van der Waals surface area (Å²) < 4.78 is 15.7. The van der Waals surface area contributed by atoms with E-state index in [1.807, 2.05) is 63.4 Å². The minimum atomic E-state index is -0.445. The molecule has 0 saturated carbocycles. The quantitative estimate of drug-likeness (QED) is 0.217. The number of nitrogens with zero attached hydrogens (tertiary/aromatic N) is 2. The van der Waals surface area contributed by atoms with Gasteiger partial charge in [0.05, 0.1) is 0 Å². The lowest BCUT2D eigenvalue weighted by Crippen LogP contribution is -2.03. The van der Waals surface area contributed by atoms with E-state index in [-0.39, 0.29) is 5.56 Å². The molecule has 0 aliphatic rings. The smallest absolute Gasteiger partial charge is 0.141 e. The number of nitrogen functional groups attached to an aromatic ring is 1. The van der Waals surface area contributed by atoms with Gasteiger partial charge in [-0.1, -0.05) is 43.5 Å². The first-order valence-electron chi connectivity index (χ1n) is 10.9. The molecule has 172 valence electrons. The molecule has 5 heteroatoms. The van der Waals surface area contributed by atoms with Gasteiger partial charge in [-0.05, 0) is 56.2 Å². The zero-order valence-corrected chi connectivity index (χ0v) is 19.8. The van der Waals surface area contributed by atoms with Gasteiger partial charge in [-0.25, -0.2) is 4.39 Å². The molecular weight excluding hydrogens is 423 g/mol. The van der Waals surface area contributed by atoms with Crippen LogP contribution in [0.2, 0.25) is 0 Å². The average molecular weight is 453 g/mol. The summed E-state index contributed by atoms with van der Waals surface area (Å²) in [5, 5.41) is 0. The summed E-state index contributed by atoms with van der Waals surface area (Å²) in [6, 6.07) is 9.22. The third kappa shape index (κ3) is 5.04. The molecule has 0 spiro atoms. The van der Waals surface area contributed by atoms with Gasteiger partial charge in [0.1, 0.15) is 5.82 Å². The van der Waals surface area contributed by atoms with Crippen LogP contribution in [0.4, 0.5) is 10.1 Å². The summed E-state index contributed by atoms with van der Waals surface area (Å²) in [7, 11) is 0. The van der Waals surface area contributed by atoms with Gasteiger partial charge in [-0.15, -0.1) is 0 Å². The fourth-order valence-electron chi connectivity index (χ4n) is 3.74. The van der Waals surface area contributed by atoms with Crippen molar-refractivity contribution in [3.63, 3.8) is 0 Å². The van der Waals surface area contributed by atoms with Crippen molar-refractivity contribution in [3.05, 3.63) is 126 Å². The van der Waals surface area contributed by atoms with Gasteiger partial charge in [0.2, 0.25) is 0 Å². The highest BCUT2D eigenvalue weighted by atomic mass is 19.1. The van der Waals surface area contributed by atoms with Crippen LogP contribution in [0.15, 0.2) is 91.4 Å². The number of benzene rings is 1. The molecule has 2 heterocycles. The van der Waals surface area contributed by atoms with E-state index >= 15 is 4.39 Å². The first-order chi connectivity index (χ1) is 16.4. The van der Waals surface area contributed by atoms with Crippen LogP contribution >= 0.6 is 0 Å². The molecule has 0 atom stereocenters. The number of hydrogen-bond donors (Lipinski definition) is 2. The number of hydrogen-bond acceptors (Lipinski definition) is 3. The lowest BCUT2D eigenvalue weighted by molar-refractivity contribution is 0.621. The summed E-state index contributed by atoms with van der Waals surface area (Å²) >= 11 is 0. The number of H-pyrrole nitrogens is 1. The molecular formula is C29H29FN4. The highest BCUT2D eigenvalue weighted by Crippen LogP contribution is 2.35. The molecule has 3 aromatic rings. The molecule has 0 bridgehead atoms. The molecule has 2 aromatic heterocycles. The highest BCUT2D eigenvalue weighted by Gasteiger charge is 2.20. The Bertz CT molecular complexity index is 1320. The van der Waals surface area contributed by atoms with Crippen molar-refractivity contribution in [2.75, 3.05) is 5.73 Å². The standard InChI is InChI=1S/C29H29FN4/c1-6-9-12-23(22-11-10-15-33-18-22)25-16-27(34-20(25)5)19(4)28-26(31)14-13-24(29(28)30)21(7-2)17-32-8-3/h6-18,34H,3-4,31H2,1-2,5H3/b9-6-,21-7+,23-12-,32-17?. The first kappa shape index (κ1) is 24.4. The number of rotatable bonds is 8. The molecule has 0 saturated heterocycles. The number of allylic oxidation sites excluding steroid dienone is 5. The van der Waals surface area contributed by atoms with Crippen LogP contribution < -0.4 is 5.73 Å². The molecule has 4 nitrogen and oxygen atoms in total. The molecule has 3 N–H and O–H groups in total. The maximum absolute atomic E-state index is 15.7. The number of halogens is 1. The van der Waals surface area contributed by atoms with Gasteiger partial charge >= 0.3 is 0 Å². The van der Waals surface area contributed by atoms with Crippen molar-refractivity contribution in [2.24, 2.45) is 4.99 Å². The molecule has 0 unspecified atom stereocenters. The minimum absolute atomic E-state index is 0.261. The lowest BCUT2D eigenvalue weighted by atomic mass is 9.94. The largest absolute Gasteiger partial charge is 0.398 e. The fraction of sp³-hybridized carbons (Fsp3) is 0.103. The molecule has 0 radical (unpaired) electrons. The van der Waals surface area contributed by atoms with Crippen LogP contribution in [-0.2, 0) is 0 Å². The van der Waals surface area contributed by atoms with E-state index in [4.69, 9.17) is 5.73 Å². The van der Waals surface area contributed by atoms with Gasteiger partial charge in [0, 0.05) is 69.7 Å². The molecule has 34 heavy (non-hydrogen) atoms. The van der Waals surface area contributed by atoms with Crippen LogP contribution in [-0.4, -0.2) is 16.2 Å². The van der Waals surface area contributed by atoms with Gasteiger partial charge in [0.15, 0.2) is 0 Å². The minimum Gasteiger partial charge on any atom is -0.398 e. The van der Waals surface area contributed by atoms with Crippen molar-refractivity contribution >= 4 is 28.6 Å².